The SMILES string of the molecule is CS(=O)(=O)O.Cc1ccc(NC(=O)c2ccc(CN3CCN(C)CC3)cc2)cc1Nc1ncc(-c2cccnc2)cn1. The number of amides is 1. The first kappa shape index (κ1) is 30.7. The Bertz CT molecular complexity index is 1570. The fourth-order valence-corrected chi connectivity index (χ4v) is 4.26. The predicted molar refractivity (Wildman–Crippen MR) is 164 cm³/mol. The molecule has 2 aromatic carbocycles. The second-order valence-corrected chi connectivity index (χ2v) is 11.6. The van der Waals surface area contributed by atoms with Gasteiger partial charge in [-0.15, -0.1) is 0 Å². The minimum Gasteiger partial charge on any atom is -0.324 e. The summed E-state index contributed by atoms with van der Waals surface area (Å²) in [6.07, 6.45) is 7.76. The van der Waals surface area contributed by atoms with Crippen LogP contribution < -0.4 is 10.6 Å². The van der Waals surface area contributed by atoms with Crippen molar-refractivity contribution in [3.8, 4) is 11.1 Å². The van der Waals surface area contributed by atoms with Crippen LogP contribution >= 0.6 is 0 Å². The number of benzene rings is 2. The van der Waals surface area contributed by atoms with Gasteiger partial charge in [-0.25, -0.2) is 9.97 Å². The van der Waals surface area contributed by atoms with Gasteiger partial charge in [0, 0.05) is 85.6 Å². The van der Waals surface area contributed by atoms with E-state index in [0.29, 0.717) is 23.5 Å². The second-order valence-electron chi connectivity index (χ2n) is 10.2. The van der Waals surface area contributed by atoms with Crippen LogP contribution in [-0.4, -0.2) is 83.1 Å². The van der Waals surface area contributed by atoms with E-state index in [2.05, 4.69) is 42.4 Å². The number of likely N-dealkylation sites (N-methyl/N-ethyl adjacent to an activating group) is 1. The Morgan fingerprint density at radius 1 is 0.952 bits per heavy atom. The fourth-order valence-electron chi connectivity index (χ4n) is 4.26. The van der Waals surface area contributed by atoms with Crippen molar-refractivity contribution < 1.29 is 17.8 Å². The highest BCUT2D eigenvalue weighted by Gasteiger charge is 2.14. The maximum atomic E-state index is 12.9. The first-order chi connectivity index (χ1) is 20.0. The molecule has 0 saturated carbocycles. The quantitative estimate of drug-likeness (QED) is 0.270. The summed E-state index contributed by atoms with van der Waals surface area (Å²) < 4.78 is 25.9. The molecule has 0 unspecified atom stereocenters. The molecule has 1 amide bonds. The van der Waals surface area contributed by atoms with Gasteiger partial charge in [0.2, 0.25) is 5.95 Å². The largest absolute Gasteiger partial charge is 0.324 e. The van der Waals surface area contributed by atoms with Crippen molar-refractivity contribution >= 4 is 33.3 Å². The number of hydrogen-bond acceptors (Lipinski definition) is 9. The van der Waals surface area contributed by atoms with Gasteiger partial charge in [0.1, 0.15) is 0 Å². The van der Waals surface area contributed by atoms with E-state index in [-0.39, 0.29) is 5.91 Å². The number of anilines is 3. The number of nitrogens with one attached hydrogen (secondary N) is 2. The number of carbonyl (C=O) groups excluding carboxylic acids is 1. The molecule has 2 aromatic heterocycles. The Morgan fingerprint density at radius 3 is 2.24 bits per heavy atom. The molecule has 3 N–H and O–H groups in total. The van der Waals surface area contributed by atoms with Gasteiger partial charge in [-0.2, -0.15) is 8.42 Å². The van der Waals surface area contributed by atoms with E-state index < -0.39 is 10.1 Å². The molecule has 3 heterocycles. The van der Waals surface area contributed by atoms with Crippen molar-refractivity contribution in [3.05, 3.63) is 96.1 Å². The molecule has 1 aliphatic heterocycles. The maximum absolute atomic E-state index is 12.9. The van der Waals surface area contributed by atoms with Crippen LogP contribution in [0.15, 0.2) is 79.4 Å². The molecule has 5 rings (SSSR count). The van der Waals surface area contributed by atoms with E-state index in [1.165, 1.54) is 5.56 Å². The molecule has 1 aliphatic rings. The Labute approximate surface area is 246 Å². The molecule has 1 saturated heterocycles. The Morgan fingerprint density at radius 2 is 1.62 bits per heavy atom. The van der Waals surface area contributed by atoms with Crippen LogP contribution in [0.5, 0.6) is 0 Å². The third kappa shape index (κ3) is 9.70. The zero-order valence-corrected chi connectivity index (χ0v) is 24.7. The summed E-state index contributed by atoms with van der Waals surface area (Å²) in [5.41, 5.74) is 6.25. The molecule has 1 fully saturated rings. The zero-order valence-electron chi connectivity index (χ0n) is 23.9. The van der Waals surface area contributed by atoms with Gasteiger partial charge in [0.25, 0.3) is 16.0 Å². The molecule has 42 heavy (non-hydrogen) atoms. The number of rotatable bonds is 7. The van der Waals surface area contributed by atoms with E-state index in [0.717, 1.165) is 55.1 Å². The summed E-state index contributed by atoms with van der Waals surface area (Å²) in [6.45, 7) is 7.24. The smallest absolute Gasteiger partial charge is 0.261 e. The Kier molecular flexibility index (Phi) is 10.3. The van der Waals surface area contributed by atoms with E-state index in [1.54, 1.807) is 24.8 Å². The number of nitrogens with zero attached hydrogens (tertiary/aromatic N) is 5. The van der Waals surface area contributed by atoms with E-state index in [9.17, 15) is 13.2 Å². The summed E-state index contributed by atoms with van der Waals surface area (Å²) in [6, 6.07) is 17.5. The van der Waals surface area contributed by atoms with Crippen LogP contribution in [0.3, 0.4) is 0 Å². The topological polar surface area (TPSA) is 141 Å². The van der Waals surface area contributed by atoms with Crippen LogP contribution in [-0.2, 0) is 16.7 Å². The molecular formula is C30H35N7O4S. The van der Waals surface area contributed by atoms with Crippen LogP contribution in [0.1, 0.15) is 21.5 Å². The minimum absolute atomic E-state index is 0.141. The van der Waals surface area contributed by atoms with Crippen molar-refractivity contribution in [2.75, 3.05) is 50.1 Å². The lowest BCUT2D eigenvalue weighted by Gasteiger charge is -2.32. The molecule has 12 heteroatoms. The Hall–Kier alpha value is -4.23. The van der Waals surface area contributed by atoms with E-state index >= 15 is 0 Å². The third-order valence-corrected chi connectivity index (χ3v) is 6.61. The number of piperazine rings is 1. The highest BCUT2D eigenvalue weighted by Crippen LogP contribution is 2.24. The van der Waals surface area contributed by atoms with Gasteiger partial charge in [0.05, 0.1) is 6.26 Å². The number of aromatic nitrogens is 3. The van der Waals surface area contributed by atoms with Gasteiger partial charge in [0.15, 0.2) is 0 Å². The van der Waals surface area contributed by atoms with Gasteiger partial charge in [-0.3, -0.25) is 19.2 Å². The number of aryl methyl sites for hydroxylation is 1. The molecule has 0 atom stereocenters. The standard InChI is InChI=1S/C29H31N7O.CH4O3S/c1-21-5-10-26(16-27(21)34-29-31-18-25(19-32-29)24-4-3-11-30-17-24)33-28(37)23-8-6-22(7-9-23)20-36-14-12-35(2)13-15-36;1-5(2,3)4/h3-11,16-19H,12-15,20H2,1-2H3,(H,33,37)(H,31,32,34);1H3,(H,2,3,4). The number of pyridine rings is 1. The monoisotopic (exact) mass is 589 g/mol. The average Bonchev–Trinajstić information content (AvgIpc) is 2.96. The maximum Gasteiger partial charge on any atom is 0.261 e. The van der Waals surface area contributed by atoms with Crippen LogP contribution in [0.2, 0.25) is 0 Å². The molecule has 0 bridgehead atoms. The molecule has 0 spiro atoms. The van der Waals surface area contributed by atoms with Crippen molar-refractivity contribution in [1.82, 2.24) is 24.8 Å². The molecule has 220 valence electrons. The summed E-state index contributed by atoms with van der Waals surface area (Å²) in [5, 5.41) is 6.26. The van der Waals surface area contributed by atoms with Crippen LogP contribution in [0.25, 0.3) is 11.1 Å². The van der Waals surface area contributed by atoms with Crippen molar-refractivity contribution in [2.45, 2.75) is 13.5 Å². The summed E-state index contributed by atoms with van der Waals surface area (Å²) in [4.78, 5) is 30.7. The second kappa shape index (κ2) is 14.1. The molecular weight excluding hydrogens is 554 g/mol. The highest BCUT2D eigenvalue weighted by atomic mass is 32.2. The fraction of sp³-hybridized carbons (Fsp3) is 0.267. The predicted octanol–water partition coefficient (Wildman–Crippen LogP) is 4.09. The van der Waals surface area contributed by atoms with Crippen molar-refractivity contribution in [2.24, 2.45) is 0 Å². The van der Waals surface area contributed by atoms with Gasteiger partial charge < -0.3 is 15.5 Å². The zero-order chi connectivity index (χ0) is 30.1. The van der Waals surface area contributed by atoms with Gasteiger partial charge in [-0.05, 0) is 55.4 Å². The molecule has 11 nitrogen and oxygen atoms in total. The first-order valence-electron chi connectivity index (χ1n) is 13.4. The van der Waals surface area contributed by atoms with Crippen molar-refractivity contribution in [3.63, 3.8) is 0 Å². The first-order valence-corrected chi connectivity index (χ1v) is 15.2. The van der Waals surface area contributed by atoms with Crippen LogP contribution in [0.4, 0.5) is 17.3 Å². The normalized spacial score (nSPS) is 14.0. The van der Waals surface area contributed by atoms with Gasteiger partial charge >= 0.3 is 0 Å². The molecule has 0 radical (unpaired) electrons. The van der Waals surface area contributed by atoms with E-state index in [4.69, 9.17) is 4.55 Å². The lowest BCUT2D eigenvalue weighted by molar-refractivity contribution is 0.102. The lowest BCUT2D eigenvalue weighted by Crippen LogP contribution is -2.43. The third-order valence-electron chi connectivity index (χ3n) is 6.61. The summed E-state index contributed by atoms with van der Waals surface area (Å²) in [5.74, 6) is 0.341. The van der Waals surface area contributed by atoms with Gasteiger partial charge in [-0.1, -0.05) is 24.3 Å². The van der Waals surface area contributed by atoms with E-state index in [1.807, 2.05) is 61.5 Å². The molecule has 4 aromatic rings. The highest BCUT2D eigenvalue weighted by molar-refractivity contribution is 7.85. The minimum atomic E-state index is -3.67. The number of hydrogen-bond donors (Lipinski definition) is 3. The summed E-state index contributed by atoms with van der Waals surface area (Å²) in [7, 11) is -1.51. The Balaban J connectivity index is 0.000000748. The van der Waals surface area contributed by atoms with Crippen molar-refractivity contribution in [1.29, 1.82) is 0 Å². The molecule has 0 aliphatic carbocycles. The lowest BCUT2D eigenvalue weighted by atomic mass is 10.1. The van der Waals surface area contributed by atoms with Crippen LogP contribution in [0, 0.1) is 6.92 Å². The number of carbonyl (C=O) groups is 1. The summed E-state index contributed by atoms with van der Waals surface area (Å²) >= 11 is 0. The average molecular weight is 590 g/mol.